The molecule has 0 atom stereocenters. The third-order valence-electron chi connectivity index (χ3n) is 4.39. The first-order chi connectivity index (χ1) is 10.7. The lowest BCUT2D eigenvalue weighted by Gasteiger charge is -2.32. The number of hydrogen-bond acceptors (Lipinski definition) is 4. The molecule has 1 aromatic carbocycles. The van der Waals surface area contributed by atoms with Crippen molar-refractivity contribution >= 4 is 23.5 Å². The minimum Gasteiger partial charge on any atom is -0.399 e. The van der Waals surface area contributed by atoms with E-state index >= 15 is 0 Å². The molecular weight excluding hydrogens is 294 g/mol. The van der Waals surface area contributed by atoms with Gasteiger partial charge in [-0.25, -0.2) is 9.97 Å². The van der Waals surface area contributed by atoms with Crippen LogP contribution >= 0.6 is 0 Å². The van der Waals surface area contributed by atoms with Crippen LogP contribution in [0.1, 0.15) is 33.3 Å². The molecule has 23 heavy (non-hydrogen) atoms. The third-order valence-corrected chi connectivity index (χ3v) is 4.39. The number of benzene rings is 1. The van der Waals surface area contributed by atoms with Gasteiger partial charge in [-0.1, -0.05) is 12.1 Å². The normalized spacial score (nSPS) is 18.6. The number of hydrogen-bond donors (Lipinski definition) is 0. The highest BCUT2D eigenvalue weighted by Gasteiger charge is 2.51. The van der Waals surface area contributed by atoms with Crippen LogP contribution in [0, 0.1) is 13.0 Å². The summed E-state index contributed by atoms with van der Waals surface area (Å²) in [6.07, 6.45) is 0.772. The van der Waals surface area contributed by atoms with Crippen molar-refractivity contribution in [1.82, 2.24) is 9.97 Å². The van der Waals surface area contributed by atoms with Crippen LogP contribution in [0.2, 0.25) is 0 Å². The standard InChI is InChI=1S/C15H18BFN2O2.C2H4/c1-9-6-11(7-10-8-18-13(17)19-12(9)10)16-20-14(2,3)15(4,5)21-16;1-2/h6-8H,1-5H3;1-2H2. The number of aryl methyl sites for hydroxylation is 1. The van der Waals surface area contributed by atoms with Gasteiger partial charge in [0.25, 0.3) is 0 Å². The molecule has 1 aliphatic rings. The largest absolute Gasteiger partial charge is 0.494 e. The molecular formula is C17H22BFN2O2. The minimum atomic E-state index is -0.714. The van der Waals surface area contributed by atoms with Crippen LogP contribution in [0.25, 0.3) is 10.9 Å². The Morgan fingerprint density at radius 2 is 1.65 bits per heavy atom. The van der Waals surface area contributed by atoms with Crippen LogP contribution in [0.3, 0.4) is 0 Å². The van der Waals surface area contributed by atoms with Crippen molar-refractivity contribution in [1.29, 1.82) is 0 Å². The lowest BCUT2D eigenvalue weighted by Crippen LogP contribution is -2.41. The second-order valence-corrected chi connectivity index (χ2v) is 6.50. The number of fused-ring (bicyclic) bond motifs is 1. The Hall–Kier alpha value is -1.79. The summed E-state index contributed by atoms with van der Waals surface area (Å²) in [6, 6.07) is 3.82. The van der Waals surface area contributed by atoms with Gasteiger partial charge in [0.2, 0.25) is 0 Å². The fourth-order valence-corrected chi connectivity index (χ4v) is 2.45. The highest BCUT2D eigenvalue weighted by molar-refractivity contribution is 6.62. The van der Waals surface area contributed by atoms with E-state index in [9.17, 15) is 4.39 Å². The minimum absolute atomic E-state index is 0.389. The molecule has 1 aromatic heterocycles. The monoisotopic (exact) mass is 316 g/mol. The molecule has 0 amide bonds. The van der Waals surface area contributed by atoms with E-state index in [1.165, 1.54) is 6.20 Å². The lowest BCUT2D eigenvalue weighted by atomic mass is 9.78. The summed E-state index contributed by atoms with van der Waals surface area (Å²) < 4.78 is 25.2. The van der Waals surface area contributed by atoms with E-state index in [2.05, 4.69) is 23.1 Å². The number of nitrogens with zero attached hydrogens (tertiary/aromatic N) is 2. The van der Waals surface area contributed by atoms with Gasteiger partial charge in [-0.05, 0) is 45.6 Å². The van der Waals surface area contributed by atoms with Crippen LogP contribution in [0.4, 0.5) is 4.39 Å². The molecule has 0 N–H and O–H groups in total. The van der Waals surface area contributed by atoms with Gasteiger partial charge in [-0.2, -0.15) is 4.39 Å². The average molecular weight is 316 g/mol. The molecule has 3 rings (SSSR count). The molecule has 1 saturated heterocycles. The smallest absolute Gasteiger partial charge is 0.399 e. The molecule has 0 unspecified atom stereocenters. The van der Waals surface area contributed by atoms with Crippen LogP contribution in [0.5, 0.6) is 0 Å². The molecule has 6 heteroatoms. The Bertz CT molecular complexity index is 718. The maximum absolute atomic E-state index is 13.1. The molecule has 0 aliphatic carbocycles. The molecule has 1 fully saturated rings. The zero-order chi connectivity index (χ0) is 17.4. The van der Waals surface area contributed by atoms with Crippen LogP contribution in [0.15, 0.2) is 31.5 Å². The first-order valence-corrected chi connectivity index (χ1v) is 7.48. The van der Waals surface area contributed by atoms with E-state index in [4.69, 9.17) is 9.31 Å². The summed E-state index contributed by atoms with van der Waals surface area (Å²) in [5.41, 5.74) is 1.61. The molecule has 4 nitrogen and oxygen atoms in total. The summed E-state index contributed by atoms with van der Waals surface area (Å²) >= 11 is 0. The number of rotatable bonds is 1. The topological polar surface area (TPSA) is 44.2 Å². The zero-order valence-electron chi connectivity index (χ0n) is 14.3. The molecule has 122 valence electrons. The molecule has 0 spiro atoms. The van der Waals surface area contributed by atoms with Crippen molar-refractivity contribution in [3.8, 4) is 0 Å². The second kappa shape index (κ2) is 6.02. The molecule has 0 bridgehead atoms. The molecule has 2 heterocycles. The van der Waals surface area contributed by atoms with Gasteiger partial charge in [0.05, 0.1) is 16.7 Å². The fourth-order valence-electron chi connectivity index (χ4n) is 2.45. The fraction of sp³-hybridized carbons (Fsp3) is 0.412. The van der Waals surface area contributed by atoms with Gasteiger partial charge < -0.3 is 9.31 Å². The summed E-state index contributed by atoms with van der Waals surface area (Å²) in [6.45, 7) is 15.9. The Kier molecular flexibility index (Phi) is 4.60. The summed E-state index contributed by atoms with van der Waals surface area (Å²) in [5, 5.41) is 0.779. The van der Waals surface area contributed by atoms with Crippen molar-refractivity contribution in [2.75, 3.05) is 0 Å². The summed E-state index contributed by atoms with van der Waals surface area (Å²) in [5.74, 6) is 0. The lowest BCUT2D eigenvalue weighted by molar-refractivity contribution is 0.00578. The van der Waals surface area contributed by atoms with Crippen molar-refractivity contribution in [2.45, 2.75) is 45.8 Å². The zero-order valence-corrected chi connectivity index (χ0v) is 14.3. The number of halogens is 1. The highest BCUT2D eigenvalue weighted by Crippen LogP contribution is 2.36. The number of aromatic nitrogens is 2. The van der Waals surface area contributed by atoms with Crippen molar-refractivity contribution in [2.24, 2.45) is 0 Å². The average Bonchev–Trinajstić information content (AvgIpc) is 2.70. The van der Waals surface area contributed by atoms with Crippen LogP contribution in [-0.4, -0.2) is 28.3 Å². The summed E-state index contributed by atoms with van der Waals surface area (Å²) in [7, 11) is -0.442. The van der Waals surface area contributed by atoms with Crippen molar-refractivity contribution < 1.29 is 13.7 Å². The quantitative estimate of drug-likeness (QED) is 0.460. The first-order valence-electron chi connectivity index (χ1n) is 7.48. The molecule has 0 saturated carbocycles. The predicted molar refractivity (Wildman–Crippen MR) is 91.2 cm³/mol. The van der Waals surface area contributed by atoms with E-state index in [1.807, 2.05) is 46.8 Å². The SMILES string of the molecule is C=C.Cc1cc(B2OC(C)(C)C(C)(C)O2)cc2cnc(F)nc12. The third kappa shape index (κ3) is 3.14. The van der Waals surface area contributed by atoms with Crippen molar-refractivity contribution in [3.05, 3.63) is 43.1 Å². The van der Waals surface area contributed by atoms with Gasteiger partial charge >= 0.3 is 13.2 Å². The first kappa shape index (κ1) is 17.6. The molecule has 2 aromatic rings. The van der Waals surface area contributed by atoms with E-state index in [-0.39, 0.29) is 11.2 Å². The van der Waals surface area contributed by atoms with Gasteiger partial charge in [0, 0.05) is 11.6 Å². The predicted octanol–water partition coefficient (Wildman–Crippen LogP) is 3.18. The summed E-state index contributed by atoms with van der Waals surface area (Å²) in [4.78, 5) is 7.45. The van der Waals surface area contributed by atoms with E-state index < -0.39 is 13.2 Å². The Labute approximate surface area is 136 Å². The highest BCUT2D eigenvalue weighted by atomic mass is 19.1. The molecule has 1 aliphatic heterocycles. The van der Waals surface area contributed by atoms with E-state index in [1.54, 1.807) is 0 Å². The second-order valence-electron chi connectivity index (χ2n) is 6.50. The van der Waals surface area contributed by atoms with Crippen molar-refractivity contribution in [3.63, 3.8) is 0 Å². The van der Waals surface area contributed by atoms with E-state index in [0.29, 0.717) is 5.52 Å². The maximum Gasteiger partial charge on any atom is 0.494 e. The Morgan fingerprint density at radius 3 is 2.22 bits per heavy atom. The van der Waals surface area contributed by atoms with Gasteiger partial charge in [-0.15, -0.1) is 13.2 Å². The maximum atomic E-state index is 13.1. The van der Waals surface area contributed by atoms with Crippen LogP contribution in [-0.2, 0) is 9.31 Å². The van der Waals surface area contributed by atoms with E-state index in [0.717, 1.165) is 16.4 Å². The Balaban J connectivity index is 0.000000924. The molecule has 0 radical (unpaired) electrons. The van der Waals surface area contributed by atoms with Gasteiger partial charge in [0.1, 0.15) is 0 Å². The van der Waals surface area contributed by atoms with Crippen LogP contribution < -0.4 is 5.46 Å². The van der Waals surface area contributed by atoms with Gasteiger partial charge in [-0.3, -0.25) is 0 Å². The van der Waals surface area contributed by atoms with Gasteiger partial charge in [0.15, 0.2) is 0 Å². The Morgan fingerprint density at radius 1 is 1.09 bits per heavy atom.